The second-order valence-electron chi connectivity index (χ2n) is 9.91. The molecular weight excluding hydrogens is 624 g/mol. The predicted octanol–water partition coefficient (Wildman–Crippen LogP) is 3.88. The quantitative estimate of drug-likeness (QED) is 0.151. The fourth-order valence-corrected chi connectivity index (χ4v) is 5.97. The Hall–Kier alpha value is -3.82. The first-order chi connectivity index (χ1) is 21.5. The number of benzene rings is 3. The number of anilines is 1. The van der Waals surface area contributed by atoms with Gasteiger partial charge in [0.2, 0.25) is 0 Å². The van der Waals surface area contributed by atoms with Crippen molar-refractivity contribution in [2.45, 2.75) is 30.1 Å². The zero-order valence-electron chi connectivity index (χ0n) is 25.2. The van der Waals surface area contributed by atoms with E-state index in [2.05, 4.69) is 5.32 Å². The second kappa shape index (κ2) is 17.6. The zero-order valence-corrected chi connectivity index (χ0v) is 26.8. The molecule has 0 aliphatic carbocycles. The van der Waals surface area contributed by atoms with Gasteiger partial charge in [0.1, 0.15) is 6.61 Å². The van der Waals surface area contributed by atoms with Gasteiger partial charge >= 0.3 is 12.0 Å². The summed E-state index contributed by atoms with van der Waals surface area (Å²) in [6, 6.07) is 17.6. The molecule has 3 aromatic carbocycles. The van der Waals surface area contributed by atoms with E-state index in [1.165, 1.54) is 36.4 Å². The van der Waals surface area contributed by atoms with Crippen LogP contribution in [-0.4, -0.2) is 80.8 Å². The third-order valence-electron chi connectivity index (χ3n) is 6.22. The van der Waals surface area contributed by atoms with E-state index >= 15 is 0 Å². The minimum absolute atomic E-state index is 0.0141. The zero-order chi connectivity index (χ0) is 32.7. The van der Waals surface area contributed by atoms with Crippen LogP contribution in [-0.2, 0) is 38.8 Å². The highest BCUT2D eigenvalue weighted by Crippen LogP contribution is 2.14. The molecule has 0 aromatic heterocycles. The summed E-state index contributed by atoms with van der Waals surface area (Å²) in [4.78, 5) is 24.7. The van der Waals surface area contributed by atoms with Gasteiger partial charge in [-0.3, -0.25) is 0 Å². The summed E-state index contributed by atoms with van der Waals surface area (Å²) in [7, 11) is -7.36. The van der Waals surface area contributed by atoms with E-state index in [0.717, 1.165) is 11.1 Å². The normalized spacial score (nSPS) is 11.6. The lowest BCUT2D eigenvalue weighted by molar-refractivity contribution is 0.000656. The highest BCUT2D eigenvalue weighted by molar-refractivity contribution is 7.91. The number of sulfonamides is 1. The standard InChI is InChI=1S/C31H38N2O10S2/c1-24-4-12-28(13-5-24)44(36,37)23-3-16-40-17-18-41-19-20-42-21-22-43-30(34)26-8-10-27(11-9-26)32-31(35)33-45(38,39)29-14-6-25(2)7-15-29/h4-15H,3,16-23H2,1-2H3,(H2,32,33,35). The van der Waals surface area contributed by atoms with E-state index in [1.54, 1.807) is 36.4 Å². The lowest BCUT2D eigenvalue weighted by Gasteiger charge is -2.10. The summed E-state index contributed by atoms with van der Waals surface area (Å²) < 4.78 is 72.6. The molecule has 0 fully saturated rings. The van der Waals surface area contributed by atoms with Crippen LogP contribution in [0.25, 0.3) is 0 Å². The number of carbonyl (C=O) groups excluding carboxylic acids is 2. The van der Waals surface area contributed by atoms with Crippen LogP contribution in [0.1, 0.15) is 27.9 Å². The highest BCUT2D eigenvalue weighted by atomic mass is 32.2. The monoisotopic (exact) mass is 662 g/mol. The number of hydrogen-bond donors (Lipinski definition) is 2. The molecule has 0 unspecified atom stereocenters. The molecule has 0 heterocycles. The molecule has 0 bridgehead atoms. The maximum Gasteiger partial charge on any atom is 0.338 e. The molecule has 2 amide bonds. The van der Waals surface area contributed by atoms with Gasteiger partial charge in [0.15, 0.2) is 9.84 Å². The average molecular weight is 663 g/mol. The first-order valence-corrected chi connectivity index (χ1v) is 17.3. The largest absolute Gasteiger partial charge is 0.460 e. The molecule has 14 heteroatoms. The summed E-state index contributed by atoms with van der Waals surface area (Å²) in [5, 5.41) is 2.41. The Kier molecular flexibility index (Phi) is 14.0. The summed E-state index contributed by atoms with van der Waals surface area (Å²) in [5.41, 5.74) is 2.41. The maximum atomic E-state index is 12.3. The third kappa shape index (κ3) is 12.6. The molecule has 0 spiro atoms. The van der Waals surface area contributed by atoms with Crippen molar-refractivity contribution in [3.8, 4) is 0 Å². The van der Waals surface area contributed by atoms with Crippen LogP contribution in [0.4, 0.5) is 10.5 Å². The minimum atomic E-state index is -4.04. The molecule has 2 N–H and O–H groups in total. The molecule has 244 valence electrons. The van der Waals surface area contributed by atoms with E-state index in [1.807, 2.05) is 18.6 Å². The average Bonchev–Trinajstić information content (AvgIpc) is 3.00. The van der Waals surface area contributed by atoms with Gasteiger partial charge in [0, 0.05) is 12.3 Å². The van der Waals surface area contributed by atoms with Crippen LogP contribution in [0.5, 0.6) is 0 Å². The predicted molar refractivity (Wildman–Crippen MR) is 168 cm³/mol. The van der Waals surface area contributed by atoms with Gasteiger partial charge in [-0.2, -0.15) is 0 Å². The minimum Gasteiger partial charge on any atom is -0.460 e. The van der Waals surface area contributed by atoms with Gasteiger partial charge in [0.25, 0.3) is 10.0 Å². The fourth-order valence-electron chi connectivity index (χ4n) is 3.78. The number of esters is 1. The Balaban J connectivity index is 1.20. The lowest BCUT2D eigenvalue weighted by atomic mass is 10.2. The maximum absolute atomic E-state index is 12.3. The van der Waals surface area contributed by atoms with Crippen LogP contribution in [0.3, 0.4) is 0 Å². The highest BCUT2D eigenvalue weighted by Gasteiger charge is 2.18. The number of nitrogens with one attached hydrogen (secondary N) is 2. The number of rotatable bonds is 18. The number of urea groups is 1. The Morgan fingerprint density at radius 1 is 0.622 bits per heavy atom. The SMILES string of the molecule is Cc1ccc(S(=O)(=O)CCCOCCOCCOCCOC(=O)c2ccc(NC(=O)NS(=O)(=O)c3ccc(C)cc3)cc2)cc1. The van der Waals surface area contributed by atoms with Crippen molar-refractivity contribution in [2.24, 2.45) is 0 Å². The lowest BCUT2D eigenvalue weighted by Crippen LogP contribution is -2.34. The van der Waals surface area contributed by atoms with Crippen molar-refractivity contribution >= 4 is 37.5 Å². The van der Waals surface area contributed by atoms with Crippen molar-refractivity contribution in [3.05, 3.63) is 89.5 Å². The molecule has 3 rings (SSSR count). The van der Waals surface area contributed by atoms with Crippen molar-refractivity contribution < 1.29 is 45.4 Å². The van der Waals surface area contributed by atoms with Gasteiger partial charge < -0.3 is 24.3 Å². The van der Waals surface area contributed by atoms with Gasteiger partial charge in [0.05, 0.1) is 54.1 Å². The van der Waals surface area contributed by atoms with Gasteiger partial charge in [-0.15, -0.1) is 0 Å². The van der Waals surface area contributed by atoms with Crippen LogP contribution in [0.15, 0.2) is 82.6 Å². The first-order valence-electron chi connectivity index (χ1n) is 14.2. The first kappa shape index (κ1) is 35.7. The second-order valence-corrected chi connectivity index (χ2v) is 13.7. The number of amides is 2. The summed E-state index contributed by atoms with van der Waals surface area (Å²) in [6.45, 7) is 5.47. The Morgan fingerprint density at radius 3 is 1.67 bits per heavy atom. The van der Waals surface area contributed by atoms with E-state index in [4.69, 9.17) is 18.9 Å². The number of aryl methyl sites for hydroxylation is 2. The molecular formula is C31H38N2O10S2. The van der Waals surface area contributed by atoms with Gasteiger partial charge in [-0.05, 0) is 68.8 Å². The van der Waals surface area contributed by atoms with E-state index < -0.39 is 31.9 Å². The number of carbonyl (C=O) groups is 2. The van der Waals surface area contributed by atoms with E-state index in [9.17, 15) is 26.4 Å². The molecule has 0 radical (unpaired) electrons. The van der Waals surface area contributed by atoms with E-state index in [-0.39, 0.29) is 41.7 Å². The summed E-state index contributed by atoms with van der Waals surface area (Å²) in [6.07, 6.45) is 0.387. The van der Waals surface area contributed by atoms with Crippen molar-refractivity contribution in [2.75, 3.05) is 57.3 Å². The van der Waals surface area contributed by atoms with Gasteiger partial charge in [-0.25, -0.2) is 31.1 Å². The Labute approximate surface area is 264 Å². The van der Waals surface area contributed by atoms with Crippen LogP contribution in [0, 0.1) is 13.8 Å². The molecule has 0 atom stereocenters. The van der Waals surface area contributed by atoms with Gasteiger partial charge in [-0.1, -0.05) is 35.4 Å². The molecule has 0 saturated carbocycles. The fraction of sp³-hybridized carbons (Fsp3) is 0.355. The van der Waals surface area contributed by atoms with Crippen molar-refractivity contribution in [1.82, 2.24) is 4.72 Å². The molecule has 3 aromatic rings. The molecule has 0 saturated heterocycles. The number of sulfone groups is 1. The molecule has 0 aliphatic rings. The Bertz CT molecular complexity index is 1590. The summed E-state index contributed by atoms with van der Waals surface area (Å²) in [5.74, 6) is -0.572. The van der Waals surface area contributed by atoms with Crippen molar-refractivity contribution in [1.29, 1.82) is 0 Å². The molecule has 12 nitrogen and oxygen atoms in total. The topological polar surface area (TPSA) is 163 Å². The van der Waals surface area contributed by atoms with Crippen molar-refractivity contribution in [3.63, 3.8) is 0 Å². The number of hydrogen-bond acceptors (Lipinski definition) is 10. The molecule has 0 aliphatic heterocycles. The van der Waals surface area contributed by atoms with Crippen LogP contribution >= 0.6 is 0 Å². The smallest absolute Gasteiger partial charge is 0.338 e. The molecule has 45 heavy (non-hydrogen) atoms. The Morgan fingerprint density at radius 2 is 1.11 bits per heavy atom. The third-order valence-corrected chi connectivity index (χ3v) is 9.39. The van der Waals surface area contributed by atoms with E-state index in [0.29, 0.717) is 37.7 Å². The number of ether oxygens (including phenoxy) is 4. The summed E-state index contributed by atoms with van der Waals surface area (Å²) >= 11 is 0. The van der Waals surface area contributed by atoms with Crippen LogP contribution < -0.4 is 10.0 Å². The van der Waals surface area contributed by atoms with Crippen LogP contribution in [0.2, 0.25) is 0 Å².